The Bertz CT molecular complexity index is 806. The lowest BCUT2D eigenvalue weighted by molar-refractivity contribution is 0.0684. The van der Waals surface area contributed by atoms with Crippen LogP contribution in [-0.2, 0) is 0 Å². The summed E-state index contributed by atoms with van der Waals surface area (Å²) >= 11 is 0. The quantitative estimate of drug-likeness (QED) is 0.882. The summed E-state index contributed by atoms with van der Waals surface area (Å²) in [5, 5.41) is 9.96. The Morgan fingerprint density at radius 1 is 1.39 bits per heavy atom. The second-order valence-electron chi connectivity index (χ2n) is 6.10. The zero-order valence-corrected chi connectivity index (χ0v) is 13.3. The third-order valence-corrected chi connectivity index (χ3v) is 3.96. The van der Waals surface area contributed by atoms with Crippen molar-refractivity contribution in [2.24, 2.45) is 0 Å². The van der Waals surface area contributed by atoms with E-state index in [1.807, 2.05) is 19.0 Å². The van der Waals surface area contributed by atoms with Crippen molar-refractivity contribution in [3.63, 3.8) is 0 Å². The maximum atomic E-state index is 12.3. The highest BCUT2D eigenvalue weighted by atomic mass is 16.5. The smallest absolute Gasteiger partial charge is 0.352 e. The highest BCUT2D eigenvalue weighted by molar-refractivity contribution is 5.93. The molecule has 23 heavy (non-hydrogen) atoms. The monoisotopic (exact) mass is 316 g/mol. The average molecular weight is 316 g/mol. The van der Waals surface area contributed by atoms with Crippen LogP contribution < -0.4 is 10.2 Å². The SMILES string of the molecule is CN(C)CCOc1cccc2c(=O)cc(C(=O)O)n(C3CC3)c12. The van der Waals surface area contributed by atoms with Crippen molar-refractivity contribution in [2.45, 2.75) is 18.9 Å². The van der Waals surface area contributed by atoms with E-state index in [1.165, 1.54) is 6.07 Å². The van der Waals surface area contributed by atoms with E-state index < -0.39 is 5.97 Å². The number of nitrogens with zero attached hydrogens (tertiary/aromatic N) is 2. The molecule has 1 aromatic carbocycles. The Morgan fingerprint density at radius 2 is 2.13 bits per heavy atom. The van der Waals surface area contributed by atoms with E-state index in [4.69, 9.17) is 4.74 Å². The maximum Gasteiger partial charge on any atom is 0.352 e. The van der Waals surface area contributed by atoms with E-state index >= 15 is 0 Å². The van der Waals surface area contributed by atoms with Crippen LogP contribution in [0.5, 0.6) is 5.75 Å². The second-order valence-corrected chi connectivity index (χ2v) is 6.10. The molecule has 0 radical (unpaired) electrons. The molecule has 2 aromatic rings. The first kappa shape index (κ1) is 15.6. The first-order valence-corrected chi connectivity index (χ1v) is 7.68. The molecule has 0 aliphatic heterocycles. The summed E-state index contributed by atoms with van der Waals surface area (Å²) in [6.07, 6.45) is 1.84. The number of para-hydroxylation sites is 1. The number of aromatic nitrogens is 1. The lowest BCUT2D eigenvalue weighted by Gasteiger charge is -2.18. The molecule has 1 heterocycles. The molecule has 1 fully saturated rings. The van der Waals surface area contributed by atoms with Crippen LogP contribution in [0.2, 0.25) is 0 Å². The van der Waals surface area contributed by atoms with Gasteiger partial charge >= 0.3 is 5.97 Å². The molecule has 3 rings (SSSR count). The first-order valence-electron chi connectivity index (χ1n) is 7.68. The Hall–Kier alpha value is -2.34. The van der Waals surface area contributed by atoms with Crippen LogP contribution in [0.1, 0.15) is 29.4 Å². The molecular weight excluding hydrogens is 296 g/mol. The molecule has 6 nitrogen and oxygen atoms in total. The van der Waals surface area contributed by atoms with Gasteiger partial charge in [-0.3, -0.25) is 4.79 Å². The Kier molecular flexibility index (Phi) is 4.09. The van der Waals surface area contributed by atoms with Gasteiger partial charge in [0.25, 0.3) is 0 Å². The molecule has 0 amide bonds. The van der Waals surface area contributed by atoms with Crippen molar-refractivity contribution in [1.29, 1.82) is 0 Å². The standard InChI is InChI=1S/C17H20N2O4/c1-18(2)8-9-23-15-5-3-4-12-14(20)10-13(17(21)22)19(16(12)15)11-6-7-11/h3-5,10-11H,6-9H2,1-2H3,(H,21,22). The number of ether oxygens (including phenoxy) is 1. The molecule has 0 unspecified atom stereocenters. The zero-order chi connectivity index (χ0) is 16.6. The Morgan fingerprint density at radius 3 is 2.74 bits per heavy atom. The fourth-order valence-corrected chi connectivity index (χ4v) is 2.69. The molecule has 1 aromatic heterocycles. The molecule has 0 atom stereocenters. The van der Waals surface area contributed by atoms with Gasteiger partial charge in [-0.2, -0.15) is 0 Å². The van der Waals surface area contributed by atoms with Gasteiger partial charge in [-0.05, 0) is 39.1 Å². The van der Waals surface area contributed by atoms with Crippen LogP contribution >= 0.6 is 0 Å². The van der Waals surface area contributed by atoms with Gasteiger partial charge in [-0.1, -0.05) is 6.07 Å². The number of hydrogen-bond donors (Lipinski definition) is 1. The topological polar surface area (TPSA) is 71.8 Å². The molecule has 0 saturated heterocycles. The van der Waals surface area contributed by atoms with Crippen molar-refractivity contribution in [1.82, 2.24) is 9.47 Å². The number of carbonyl (C=O) groups is 1. The molecule has 0 spiro atoms. The first-order chi connectivity index (χ1) is 11.0. The van der Waals surface area contributed by atoms with Crippen LogP contribution in [0.25, 0.3) is 10.9 Å². The van der Waals surface area contributed by atoms with Gasteiger partial charge < -0.3 is 19.3 Å². The number of pyridine rings is 1. The third-order valence-electron chi connectivity index (χ3n) is 3.96. The minimum Gasteiger partial charge on any atom is -0.490 e. The number of carboxylic acid groups (broad SMARTS) is 1. The van der Waals surface area contributed by atoms with E-state index in [1.54, 1.807) is 22.8 Å². The summed E-state index contributed by atoms with van der Waals surface area (Å²) in [4.78, 5) is 25.9. The lowest BCUT2D eigenvalue weighted by atomic mass is 10.1. The number of rotatable bonds is 6. The van der Waals surface area contributed by atoms with Gasteiger partial charge in [0.05, 0.1) is 5.52 Å². The fourth-order valence-electron chi connectivity index (χ4n) is 2.69. The third kappa shape index (κ3) is 3.07. The maximum absolute atomic E-state index is 12.3. The summed E-state index contributed by atoms with van der Waals surface area (Å²) in [5.74, 6) is -0.518. The minimum absolute atomic E-state index is 0.0358. The molecular formula is C17H20N2O4. The van der Waals surface area contributed by atoms with Gasteiger partial charge in [0, 0.05) is 24.0 Å². The van der Waals surface area contributed by atoms with E-state index in [-0.39, 0.29) is 17.2 Å². The molecule has 0 bridgehead atoms. The van der Waals surface area contributed by atoms with Crippen molar-refractivity contribution >= 4 is 16.9 Å². The van der Waals surface area contributed by atoms with E-state index in [0.29, 0.717) is 23.3 Å². The van der Waals surface area contributed by atoms with Crippen molar-refractivity contribution < 1.29 is 14.6 Å². The predicted molar refractivity (Wildman–Crippen MR) is 87.5 cm³/mol. The van der Waals surface area contributed by atoms with Crippen LogP contribution in [0.3, 0.4) is 0 Å². The summed E-state index contributed by atoms with van der Waals surface area (Å²) in [6.45, 7) is 1.21. The van der Waals surface area contributed by atoms with Gasteiger partial charge in [0.1, 0.15) is 18.1 Å². The van der Waals surface area contributed by atoms with Gasteiger partial charge in [-0.15, -0.1) is 0 Å². The average Bonchev–Trinajstić information content (AvgIpc) is 3.31. The number of carboxylic acids is 1. The summed E-state index contributed by atoms with van der Waals surface area (Å²) < 4.78 is 7.60. The summed E-state index contributed by atoms with van der Waals surface area (Å²) in [7, 11) is 3.91. The highest BCUT2D eigenvalue weighted by Crippen LogP contribution is 2.40. The predicted octanol–water partition coefficient (Wildman–Crippen LogP) is 1.97. The van der Waals surface area contributed by atoms with Gasteiger partial charge in [0.2, 0.25) is 0 Å². The normalized spacial score (nSPS) is 14.4. The molecule has 1 N–H and O–H groups in total. The Balaban J connectivity index is 2.17. The largest absolute Gasteiger partial charge is 0.490 e. The van der Waals surface area contributed by atoms with Gasteiger partial charge in [-0.25, -0.2) is 4.79 Å². The number of aromatic carboxylic acids is 1. The lowest BCUT2D eigenvalue weighted by Crippen LogP contribution is -2.21. The second kappa shape index (κ2) is 6.04. The molecule has 1 saturated carbocycles. The van der Waals surface area contributed by atoms with Crippen molar-refractivity contribution in [3.8, 4) is 5.75 Å². The van der Waals surface area contributed by atoms with E-state index in [2.05, 4.69) is 0 Å². The fraction of sp³-hybridized carbons (Fsp3) is 0.412. The minimum atomic E-state index is -1.08. The van der Waals surface area contributed by atoms with Crippen LogP contribution in [0, 0.1) is 0 Å². The van der Waals surface area contributed by atoms with E-state index in [9.17, 15) is 14.7 Å². The Labute approximate surface area is 133 Å². The van der Waals surface area contributed by atoms with Crippen LogP contribution in [0.15, 0.2) is 29.1 Å². The number of hydrogen-bond acceptors (Lipinski definition) is 4. The van der Waals surface area contributed by atoms with Crippen LogP contribution in [-0.4, -0.2) is 47.8 Å². The summed E-state index contributed by atoms with van der Waals surface area (Å²) in [5.41, 5.74) is 0.347. The number of likely N-dealkylation sites (N-methyl/N-ethyl adjacent to an activating group) is 1. The van der Waals surface area contributed by atoms with Gasteiger partial charge in [0.15, 0.2) is 5.43 Å². The van der Waals surface area contributed by atoms with Crippen molar-refractivity contribution in [3.05, 3.63) is 40.2 Å². The van der Waals surface area contributed by atoms with Crippen molar-refractivity contribution in [2.75, 3.05) is 27.2 Å². The summed E-state index contributed by atoms with van der Waals surface area (Å²) in [6, 6.07) is 6.63. The highest BCUT2D eigenvalue weighted by Gasteiger charge is 2.30. The molecule has 6 heteroatoms. The molecule has 122 valence electrons. The number of benzene rings is 1. The zero-order valence-electron chi connectivity index (χ0n) is 13.3. The van der Waals surface area contributed by atoms with Crippen LogP contribution in [0.4, 0.5) is 0 Å². The molecule has 1 aliphatic rings. The number of fused-ring (bicyclic) bond motifs is 1. The molecule has 1 aliphatic carbocycles. The van der Waals surface area contributed by atoms with E-state index in [0.717, 1.165) is 19.4 Å².